The third-order valence-electron chi connectivity index (χ3n) is 5.32. The van der Waals surface area contributed by atoms with Crippen LogP contribution >= 0.6 is 0 Å². The molecule has 3 rings (SSSR count). The first-order valence-electron chi connectivity index (χ1n) is 9.63. The molecular formula is C19H29N5O3. The predicted molar refractivity (Wildman–Crippen MR) is 102 cm³/mol. The van der Waals surface area contributed by atoms with E-state index in [0.29, 0.717) is 25.9 Å². The molecule has 8 nitrogen and oxygen atoms in total. The number of carbonyl (C=O) groups excluding carboxylic acids is 2. The van der Waals surface area contributed by atoms with Gasteiger partial charge < -0.3 is 15.7 Å². The number of nitrogens with one attached hydrogen (secondary N) is 4. The first-order valence-corrected chi connectivity index (χ1v) is 9.63. The van der Waals surface area contributed by atoms with Crippen LogP contribution in [-0.4, -0.2) is 59.6 Å². The van der Waals surface area contributed by atoms with E-state index in [2.05, 4.69) is 26.4 Å². The molecule has 2 aliphatic heterocycles. The van der Waals surface area contributed by atoms with Gasteiger partial charge in [-0.15, -0.1) is 0 Å². The Labute approximate surface area is 159 Å². The van der Waals surface area contributed by atoms with E-state index in [1.54, 1.807) is 12.1 Å². The fourth-order valence-corrected chi connectivity index (χ4v) is 3.88. The largest absolute Gasteiger partial charge is 0.508 e. The summed E-state index contributed by atoms with van der Waals surface area (Å²) >= 11 is 0. The number of hydrogen-bond acceptors (Lipinski definition) is 6. The van der Waals surface area contributed by atoms with Crippen LogP contribution in [0, 0.1) is 0 Å². The number of hydrogen-bond donors (Lipinski definition) is 5. The maximum atomic E-state index is 12.7. The van der Waals surface area contributed by atoms with Crippen molar-refractivity contribution >= 4 is 11.8 Å². The number of phenolic OH excluding ortho intramolecular Hbond substituents is 1. The number of phenols is 1. The number of amides is 2. The molecule has 2 amide bonds. The highest BCUT2D eigenvalue weighted by Gasteiger charge is 2.38. The molecule has 0 spiro atoms. The topological polar surface area (TPSA) is 106 Å². The Morgan fingerprint density at radius 3 is 2.56 bits per heavy atom. The molecule has 148 valence electrons. The standard InChI is InChI=1S/C19H29N5O3/c1-3-20-19(27)17-9-13(11-24(17)4-2)21-18(26)16-10-15(22-23-16)12-5-7-14(25)8-6-12/h5-8,13,15-17,22-23,25H,3-4,9-11H2,1-2H3,(H,20,27)(H,21,26)/t13-,15?,16?,17-/m0/s1. The summed E-state index contributed by atoms with van der Waals surface area (Å²) < 4.78 is 0. The molecule has 2 heterocycles. The molecule has 0 aliphatic carbocycles. The van der Waals surface area contributed by atoms with Crippen LogP contribution < -0.4 is 21.5 Å². The zero-order valence-electron chi connectivity index (χ0n) is 15.9. The van der Waals surface area contributed by atoms with Crippen molar-refractivity contribution in [2.45, 2.75) is 50.9 Å². The van der Waals surface area contributed by atoms with Gasteiger partial charge in [-0.1, -0.05) is 19.1 Å². The Kier molecular flexibility index (Phi) is 6.30. The molecule has 4 atom stereocenters. The van der Waals surface area contributed by atoms with Crippen molar-refractivity contribution in [3.8, 4) is 5.75 Å². The highest BCUT2D eigenvalue weighted by molar-refractivity contribution is 5.84. The van der Waals surface area contributed by atoms with Gasteiger partial charge in [0.05, 0.1) is 6.04 Å². The summed E-state index contributed by atoms with van der Waals surface area (Å²) in [4.78, 5) is 27.0. The van der Waals surface area contributed by atoms with Crippen molar-refractivity contribution in [1.82, 2.24) is 26.4 Å². The number of likely N-dealkylation sites (tertiary alicyclic amines) is 1. The van der Waals surface area contributed by atoms with Crippen molar-refractivity contribution in [3.05, 3.63) is 29.8 Å². The summed E-state index contributed by atoms with van der Waals surface area (Å²) in [6.07, 6.45) is 1.26. The van der Waals surface area contributed by atoms with Crippen LogP contribution in [0.3, 0.4) is 0 Å². The molecule has 2 fully saturated rings. The monoisotopic (exact) mass is 375 g/mol. The Bertz CT molecular complexity index is 666. The van der Waals surface area contributed by atoms with Crippen molar-refractivity contribution in [2.24, 2.45) is 0 Å². The molecule has 1 aromatic rings. The number of benzene rings is 1. The van der Waals surface area contributed by atoms with E-state index in [4.69, 9.17) is 0 Å². The lowest BCUT2D eigenvalue weighted by Crippen LogP contribution is -2.47. The van der Waals surface area contributed by atoms with E-state index >= 15 is 0 Å². The normalized spacial score (nSPS) is 28.2. The summed E-state index contributed by atoms with van der Waals surface area (Å²) in [5.41, 5.74) is 7.22. The third-order valence-corrected chi connectivity index (χ3v) is 5.32. The van der Waals surface area contributed by atoms with Gasteiger partial charge in [-0.3, -0.25) is 14.5 Å². The van der Waals surface area contributed by atoms with Gasteiger partial charge in [-0.2, -0.15) is 0 Å². The second-order valence-corrected chi connectivity index (χ2v) is 7.16. The summed E-state index contributed by atoms with van der Waals surface area (Å²) in [6, 6.07) is 6.46. The number of carbonyl (C=O) groups is 2. The number of rotatable bonds is 6. The number of hydrazine groups is 1. The van der Waals surface area contributed by atoms with Crippen molar-refractivity contribution < 1.29 is 14.7 Å². The van der Waals surface area contributed by atoms with E-state index < -0.39 is 0 Å². The van der Waals surface area contributed by atoms with E-state index in [9.17, 15) is 14.7 Å². The van der Waals surface area contributed by atoms with Gasteiger partial charge >= 0.3 is 0 Å². The van der Waals surface area contributed by atoms with Gasteiger partial charge in [0, 0.05) is 25.2 Å². The minimum atomic E-state index is -0.331. The van der Waals surface area contributed by atoms with Gasteiger partial charge in [0.25, 0.3) is 0 Å². The average Bonchev–Trinajstić information content (AvgIpc) is 3.29. The highest BCUT2D eigenvalue weighted by Crippen LogP contribution is 2.24. The van der Waals surface area contributed by atoms with Crippen molar-refractivity contribution in [2.75, 3.05) is 19.6 Å². The van der Waals surface area contributed by atoms with Crippen LogP contribution in [0.15, 0.2) is 24.3 Å². The minimum absolute atomic E-state index is 0.0140. The van der Waals surface area contributed by atoms with Crippen LogP contribution in [0.5, 0.6) is 5.75 Å². The quantitative estimate of drug-likeness (QED) is 0.480. The summed E-state index contributed by atoms with van der Waals surface area (Å²) in [6.45, 7) is 6.01. The molecule has 0 saturated carbocycles. The maximum absolute atomic E-state index is 12.7. The molecule has 0 bridgehead atoms. The molecule has 5 N–H and O–H groups in total. The molecule has 1 aromatic carbocycles. The summed E-state index contributed by atoms with van der Waals surface area (Å²) in [7, 11) is 0. The van der Waals surface area contributed by atoms with E-state index in [0.717, 1.165) is 12.1 Å². The van der Waals surface area contributed by atoms with Crippen LogP contribution in [0.2, 0.25) is 0 Å². The second-order valence-electron chi connectivity index (χ2n) is 7.16. The summed E-state index contributed by atoms with van der Waals surface area (Å²) in [5.74, 6) is 0.202. The molecule has 0 aromatic heterocycles. The SMILES string of the molecule is CCNC(=O)[C@@H]1C[C@H](NC(=O)C2CC(c3ccc(O)cc3)NN2)CN1CC. The van der Waals surface area contributed by atoms with Crippen molar-refractivity contribution in [3.63, 3.8) is 0 Å². The van der Waals surface area contributed by atoms with E-state index in [-0.39, 0.29) is 41.7 Å². The average molecular weight is 375 g/mol. The van der Waals surface area contributed by atoms with Gasteiger partial charge in [-0.25, -0.2) is 10.9 Å². The number of likely N-dealkylation sites (N-methyl/N-ethyl adjacent to an activating group) is 2. The smallest absolute Gasteiger partial charge is 0.238 e. The lowest BCUT2D eigenvalue weighted by atomic mass is 10.0. The lowest BCUT2D eigenvalue weighted by molar-refractivity contribution is -0.125. The lowest BCUT2D eigenvalue weighted by Gasteiger charge is -2.21. The fourth-order valence-electron chi connectivity index (χ4n) is 3.88. The predicted octanol–water partition coefficient (Wildman–Crippen LogP) is 0.0149. The molecule has 0 radical (unpaired) electrons. The Hall–Kier alpha value is -2.16. The molecule has 27 heavy (non-hydrogen) atoms. The first-order chi connectivity index (χ1) is 13.0. The van der Waals surface area contributed by atoms with Gasteiger partial charge in [0.1, 0.15) is 11.8 Å². The summed E-state index contributed by atoms with van der Waals surface area (Å²) in [5, 5.41) is 15.4. The maximum Gasteiger partial charge on any atom is 0.238 e. The zero-order valence-corrected chi connectivity index (χ0v) is 15.9. The highest BCUT2D eigenvalue weighted by atomic mass is 16.3. The van der Waals surface area contributed by atoms with Gasteiger partial charge in [-0.05, 0) is 44.0 Å². The van der Waals surface area contributed by atoms with Crippen molar-refractivity contribution in [1.29, 1.82) is 0 Å². The van der Waals surface area contributed by atoms with E-state index in [1.807, 2.05) is 26.0 Å². The van der Waals surface area contributed by atoms with Crippen LogP contribution in [0.4, 0.5) is 0 Å². The molecule has 2 aliphatic rings. The van der Waals surface area contributed by atoms with Crippen LogP contribution in [0.25, 0.3) is 0 Å². The number of aromatic hydroxyl groups is 1. The Balaban J connectivity index is 1.53. The molecular weight excluding hydrogens is 346 g/mol. The zero-order chi connectivity index (χ0) is 19.4. The Morgan fingerprint density at radius 2 is 1.89 bits per heavy atom. The molecule has 2 saturated heterocycles. The second kappa shape index (κ2) is 8.69. The van der Waals surface area contributed by atoms with E-state index in [1.165, 1.54) is 0 Å². The third kappa shape index (κ3) is 4.58. The molecule has 8 heteroatoms. The van der Waals surface area contributed by atoms with Crippen LogP contribution in [-0.2, 0) is 9.59 Å². The van der Waals surface area contributed by atoms with Crippen LogP contribution in [0.1, 0.15) is 38.3 Å². The van der Waals surface area contributed by atoms with Gasteiger partial charge in [0.2, 0.25) is 11.8 Å². The first kappa shape index (κ1) is 19.6. The fraction of sp³-hybridized carbons (Fsp3) is 0.579. The molecule has 2 unspecified atom stereocenters. The number of nitrogens with zero attached hydrogens (tertiary/aromatic N) is 1. The minimum Gasteiger partial charge on any atom is -0.508 e. The Morgan fingerprint density at radius 1 is 1.15 bits per heavy atom. The van der Waals surface area contributed by atoms with Gasteiger partial charge in [0.15, 0.2) is 0 Å².